The standard InChI is InChI=1S/C26H23N3O7/c1-35-20-10-6-17(7-11-20)27-24-22(15-23(30)31)25(16-4-3-5-19(14-16)29(33)34)28(26(24)32)18-8-12-21(36-2)13-9-18/h3-14,25,27H,15H2,1-2H3,(H,30,31)/p-1/t25-/m0/s1. The Morgan fingerprint density at radius 1 is 1.00 bits per heavy atom. The highest BCUT2D eigenvalue weighted by molar-refractivity contribution is 6.12. The van der Waals surface area contributed by atoms with Crippen LogP contribution >= 0.6 is 0 Å². The van der Waals surface area contributed by atoms with E-state index in [1.807, 2.05) is 0 Å². The van der Waals surface area contributed by atoms with Crippen LogP contribution in [0.15, 0.2) is 84.1 Å². The van der Waals surface area contributed by atoms with Crippen molar-refractivity contribution in [2.45, 2.75) is 12.5 Å². The van der Waals surface area contributed by atoms with Crippen molar-refractivity contribution in [3.05, 3.63) is 99.7 Å². The summed E-state index contributed by atoms with van der Waals surface area (Å²) in [5, 5.41) is 26.3. The fourth-order valence-corrected chi connectivity index (χ4v) is 4.13. The van der Waals surface area contributed by atoms with Gasteiger partial charge in [-0.1, -0.05) is 12.1 Å². The predicted molar refractivity (Wildman–Crippen MR) is 130 cm³/mol. The van der Waals surface area contributed by atoms with Crippen LogP contribution in [0, 0.1) is 10.1 Å². The lowest BCUT2D eigenvalue weighted by atomic mass is 9.95. The second kappa shape index (κ2) is 10.2. The van der Waals surface area contributed by atoms with Crippen molar-refractivity contribution >= 4 is 28.9 Å². The molecule has 0 radical (unpaired) electrons. The van der Waals surface area contributed by atoms with E-state index in [1.54, 1.807) is 54.6 Å². The van der Waals surface area contributed by atoms with Gasteiger partial charge in [-0.2, -0.15) is 0 Å². The van der Waals surface area contributed by atoms with Gasteiger partial charge in [0.1, 0.15) is 17.2 Å². The zero-order valence-electron chi connectivity index (χ0n) is 19.5. The first-order chi connectivity index (χ1) is 17.3. The van der Waals surface area contributed by atoms with E-state index in [2.05, 4.69) is 5.32 Å². The number of rotatable bonds is 9. The molecule has 0 fully saturated rings. The number of nitro groups is 1. The Bertz CT molecular complexity index is 1330. The van der Waals surface area contributed by atoms with Crippen molar-refractivity contribution < 1.29 is 29.1 Å². The second-order valence-electron chi connectivity index (χ2n) is 7.93. The molecule has 1 N–H and O–H groups in total. The summed E-state index contributed by atoms with van der Waals surface area (Å²) in [6, 6.07) is 18.3. The van der Waals surface area contributed by atoms with Crippen LogP contribution in [-0.4, -0.2) is 31.0 Å². The number of non-ortho nitro benzene ring substituents is 1. The third kappa shape index (κ3) is 4.83. The molecule has 36 heavy (non-hydrogen) atoms. The number of methoxy groups -OCH3 is 2. The van der Waals surface area contributed by atoms with Crippen LogP contribution in [0.4, 0.5) is 17.1 Å². The van der Waals surface area contributed by atoms with Gasteiger partial charge in [-0.05, 0) is 59.7 Å². The summed E-state index contributed by atoms with van der Waals surface area (Å²) in [5.41, 5.74) is 1.46. The van der Waals surface area contributed by atoms with Gasteiger partial charge in [0.15, 0.2) is 0 Å². The smallest absolute Gasteiger partial charge is 0.275 e. The quantitative estimate of drug-likeness (QED) is 0.358. The number of carbonyl (C=O) groups excluding carboxylic acids is 2. The lowest BCUT2D eigenvalue weighted by molar-refractivity contribution is -0.384. The van der Waals surface area contributed by atoms with Gasteiger partial charge in [0.2, 0.25) is 0 Å². The van der Waals surface area contributed by atoms with Crippen LogP contribution in [0.2, 0.25) is 0 Å². The van der Waals surface area contributed by atoms with E-state index in [-0.39, 0.29) is 17.0 Å². The molecule has 1 heterocycles. The summed E-state index contributed by atoms with van der Waals surface area (Å²) < 4.78 is 10.4. The molecule has 0 spiro atoms. The first-order valence-electron chi connectivity index (χ1n) is 10.9. The maximum atomic E-state index is 13.8. The molecule has 1 aliphatic rings. The summed E-state index contributed by atoms with van der Waals surface area (Å²) in [7, 11) is 3.04. The average molecular weight is 488 g/mol. The van der Waals surface area contributed by atoms with Crippen LogP contribution < -0.4 is 24.8 Å². The Kier molecular flexibility index (Phi) is 6.86. The minimum absolute atomic E-state index is 0.0525. The third-order valence-corrected chi connectivity index (χ3v) is 5.78. The summed E-state index contributed by atoms with van der Waals surface area (Å²) in [6.07, 6.45) is -0.565. The number of aliphatic carboxylic acids is 1. The molecular formula is C26H22N3O7-. The molecule has 1 atom stereocenters. The molecular weight excluding hydrogens is 466 g/mol. The number of anilines is 2. The maximum absolute atomic E-state index is 13.8. The number of nitrogens with zero attached hydrogens (tertiary/aromatic N) is 2. The first-order valence-corrected chi connectivity index (χ1v) is 10.9. The van der Waals surface area contributed by atoms with Gasteiger partial charge in [-0.25, -0.2) is 0 Å². The molecule has 184 valence electrons. The first kappa shape index (κ1) is 24.3. The number of hydrogen-bond acceptors (Lipinski definition) is 8. The Morgan fingerprint density at radius 3 is 2.17 bits per heavy atom. The number of nitro benzene ring substituents is 1. The topological polar surface area (TPSA) is 134 Å². The molecule has 10 heteroatoms. The van der Waals surface area contributed by atoms with Crippen LogP contribution in [0.25, 0.3) is 0 Å². The number of amides is 1. The van der Waals surface area contributed by atoms with Crippen LogP contribution in [0.1, 0.15) is 18.0 Å². The van der Waals surface area contributed by atoms with Gasteiger partial charge >= 0.3 is 0 Å². The fraction of sp³-hybridized carbons (Fsp3) is 0.154. The van der Waals surface area contributed by atoms with Gasteiger partial charge in [-0.3, -0.25) is 19.8 Å². The van der Waals surface area contributed by atoms with Crippen molar-refractivity contribution in [3.8, 4) is 11.5 Å². The molecule has 0 saturated heterocycles. The predicted octanol–water partition coefficient (Wildman–Crippen LogP) is 3.21. The SMILES string of the molecule is COc1ccc(NC2=C(CC(=O)[O-])[C@H](c3cccc([N+](=O)[O-])c3)N(c3ccc(OC)cc3)C2=O)cc1. The molecule has 0 saturated carbocycles. The molecule has 4 rings (SSSR count). The van der Waals surface area contributed by atoms with Gasteiger partial charge < -0.3 is 24.7 Å². The minimum Gasteiger partial charge on any atom is -0.550 e. The third-order valence-electron chi connectivity index (χ3n) is 5.78. The summed E-state index contributed by atoms with van der Waals surface area (Å²) in [5.74, 6) is -0.712. The van der Waals surface area contributed by atoms with E-state index in [0.717, 1.165) is 0 Å². The number of benzene rings is 3. The molecule has 0 aromatic heterocycles. The lowest BCUT2D eigenvalue weighted by Gasteiger charge is -2.28. The minimum atomic E-state index is -1.39. The summed E-state index contributed by atoms with van der Waals surface area (Å²) in [6.45, 7) is 0. The maximum Gasteiger partial charge on any atom is 0.275 e. The van der Waals surface area contributed by atoms with Gasteiger partial charge in [0, 0.05) is 35.9 Å². The van der Waals surface area contributed by atoms with Crippen LogP contribution in [0.5, 0.6) is 11.5 Å². The number of ether oxygens (including phenoxy) is 2. The van der Waals surface area contributed by atoms with Crippen molar-refractivity contribution in [1.82, 2.24) is 0 Å². The highest BCUT2D eigenvalue weighted by Crippen LogP contribution is 2.43. The summed E-state index contributed by atoms with van der Waals surface area (Å²) >= 11 is 0. The van der Waals surface area contributed by atoms with E-state index >= 15 is 0 Å². The fourth-order valence-electron chi connectivity index (χ4n) is 4.13. The van der Waals surface area contributed by atoms with Gasteiger partial charge in [0.05, 0.1) is 25.2 Å². The molecule has 0 bridgehead atoms. The summed E-state index contributed by atoms with van der Waals surface area (Å²) in [4.78, 5) is 37.9. The van der Waals surface area contributed by atoms with E-state index in [9.17, 15) is 24.8 Å². The number of carboxylic acid groups (broad SMARTS) is 1. The zero-order valence-corrected chi connectivity index (χ0v) is 19.5. The second-order valence-corrected chi connectivity index (χ2v) is 7.93. The molecule has 0 unspecified atom stereocenters. The van der Waals surface area contributed by atoms with E-state index in [4.69, 9.17) is 9.47 Å². The highest BCUT2D eigenvalue weighted by atomic mass is 16.6. The Morgan fingerprint density at radius 2 is 1.61 bits per heavy atom. The van der Waals surface area contributed by atoms with Crippen molar-refractivity contribution in [2.24, 2.45) is 0 Å². The Balaban J connectivity index is 1.87. The van der Waals surface area contributed by atoms with Crippen molar-refractivity contribution in [2.75, 3.05) is 24.4 Å². The van der Waals surface area contributed by atoms with Crippen LogP contribution in [0.3, 0.4) is 0 Å². The van der Waals surface area contributed by atoms with E-state index < -0.39 is 29.3 Å². The Hall–Kier alpha value is -4.86. The molecule has 1 aliphatic heterocycles. The molecule has 10 nitrogen and oxygen atoms in total. The molecule has 1 amide bonds. The normalized spacial score (nSPS) is 15.1. The van der Waals surface area contributed by atoms with Crippen LogP contribution in [-0.2, 0) is 9.59 Å². The Labute approximate surface area is 206 Å². The number of carboxylic acids is 1. The van der Waals surface area contributed by atoms with Gasteiger partial charge in [0.25, 0.3) is 11.6 Å². The lowest BCUT2D eigenvalue weighted by Crippen LogP contribution is -2.31. The monoisotopic (exact) mass is 488 g/mol. The molecule has 3 aromatic carbocycles. The number of carbonyl (C=O) groups is 2. The van der Waals surface area contributed by atoms with E-state index in [1.165, 1.54) is 37.3 Å². The largest absolute Gasteiger partial charge is 0.550 e. The average Bonchev–Trinajstić information content (AvgIpc) is 3.15. The zero-order chi connectivity index (χ0) is 25.8. The molecule has 3 aromatic rings. The molecule has 0 aliphatic carbocycles. The van der Waals surface area contributed by atoms with Gasteiger partial charge in [-0.15, -0.1) is 0 Å². The van der Waals surface area contributed by atoms with Crippen molar-refractivity contribution in [1.29, 1.82) is 0 Å². The highest BCUT2D eigenvalue weighted by Gasteiger charge is 2.41. The van der Waals surface area contributed by atoms with Crippen molar-refractivity contribution in [3.63, 3.8) is 0 Å². The number of hydrogen-bond donors (Lipinski definition) is 1. The van der Waals surface area contributed by atoms with E-state index in [0.29, 0.717) is 28.4 Å². The number of nitrogens with one attached hydrogen (secondary N) is 1.